The van der Waals surface area contributed by atoms with Crippen LogP contribution in [0.3, 0.4) is 0 Å². The molecular weight excluding hydrogens is 256 g/mol. The van der Waals surface area contributed by atoms with Crippen molar-refractivity contribution in [1.29, 1.82) is 0 Å². The molecule has 0 saturated heterocycles. The summed E-state index contributed by atoms with van der Waals surface area (Å²) in [5.41, 5.74) is 0.799. The Labute approximate surface area is 116 Å². The Morgan fingerprint density at radius 2 is 2.15 bits per heavy atom. The molecule has 0 saturated carbocycles. The average molecular weight is 270 g/mol. The zero-order chi connectivity index (χ0) is 13.9. The van der Waals surface area contributed by atoms with Crippen molar-refractivity contribution < 1.29 is 9.47 Å². The van der Waals surface area contributed by atoms with Crippen LogP contribution in [0.1, 0.15) is 6.92 Å². The molecule has 0 amide bonds. The molecule has 0 aliphatic heterocycles. The SMILES string of the molecule is CCOc1nc(-n2ccnc2)c2cc(OC)ccc2n1. The molecule has 0 spiro atoms. The van der Waals surface area contributed by atoms with Crippen LogP contribution in [0.2, 0.25) is 0 Å². The Bertz CT molecular complexity index is 725. The highest BCUT2D eigenvalue weighted by Gasteiger charge is 2.11. The van der Waals surface area contributed by atoms with Gasteiger partial charge in [0.25, 0.3) is 0 Å². The lowest BCUT2D eigenvalue weighted by Crippen LogP contribution is -2.03. The molecule has 0 aliphatic carbocycles. The Kier molecular flexibility index (Phi) is 3.20. The van der Waals surface area contributed by atoms with E-state index in [4.69, 9.17) is 9.47 Å². The molecule has 2 heterocycles. The largest absolute Gasteiger partial charge is 0.497 e. The minimum absolute atomic E-state index is 0.355. The summed E-state index contributed by atoms with van der Waals surface area (Å²) in [4.78, 5) is 12.9. The minimum Gasteiger partial charge on any atom is -0.497 e. The fourth-order valence-corrected chi connectivity index (χ4v) is 1.97. The lowest BCUT2D eigenvalue weighted by molar-refractivity contribution is 0.313. The molecule has 2 aromatic heterocycles. The standard InChI is InChI=1S/C14H14N4O2/c1-3-20-14-16-12-5-4-10(19-2)8-11(12)13(17-14)18-7-6-15-9-18/h4-9H,3H2,1-2H3. The first-order valence-electron chi connectivity index (χ1n) is 6.28. The molecule has 6 heteroatoms. The number of benzene rings is 1. The van der Waals surface area contributed by atoms with Gasteiger partial charge in [-0.05, 0) is 25.1 Å². The minimum atomic E-state index is 0.355. The maximum Gasteiger partial charge on any atom is 0.318 e. The molecule has 3 rings (SSSR count). The highest BCUT2D eigenvalue weighted by molar-refractivity contribution is 5.87. The van der Waals surface area contributed by atoms with Gasteiger partial charge in [-0.25, -0.2) is 4.98 Å². The molecule has 0 fully saturated rings. The summed E-state index contributed by atoms with van der Waals surface area (Å²) in [6.07, 6.45) is 5.22. The third-order valence-corrected chi connectivity index (χ3v) is 2.88. The third kappa shape index (κ3) is 2.16. The van der Waals surface area contributed by atoms with E-state index in [0.29, 0.717) is 12.6 Å². The van der Waals surface area contributed by atoms with Crippen molar-refractivity contribution in [3.8, 4) is 17.6 Å². The number of hydrogen-bond donors (Lipinski definition) is 0. The maximum absolute atomic E-state index is 5.42. The Morgan fingerprint density at radius 3 is 2.85 bits per heavy atom. The van der Waals surface area contributed by atoms with E-state index in [1.807, 2.05) is 35.9 Å². The highest BCUT2D eigenvalue weighted by atomic mass is 16.5. The summed E-state index contributed by atoms with van der Waals surface area (Å²) < 4.78 is 12.5. The number of imidazole rings is 1. The van der Waals surface area contributed by atoms with Gasteiger partial charge in [-0.1, -0.05) is 0 Å². The smallest absolute Gasteiger partial charge is 0.318 e. The summed E-state index contributed by atoms with van der Waals surface area (Å²) in [6.45, 7) is 2.42. The van der Waals surface area contributed by atoms with Gasteiger partial charge < -0.3 is 9.47 Å². The monoisotopic (exact) mass is 270 g/mol. The van der Waals surface area contributed by atoms with Crippen molar-refractivity contribution in [2.24, 2.45) is 0 Å². The molecule has 0 radical (unpaired) electrons. The van der Waals surface area contributed by atoms with Crippen LogP contribution < -0.4 is 9.47 Å². The topological polar surface area (TPSA) is 62.1 Å². The van der Waals surface area contributed by atoms with Crippen LogP contribution in [0.15, 0.2) is 36.9 Å². The molecule has 0 aliphatic rings. The summed E-state index contributed by atoms with van der Waals surface area (Å²) in [5.74, 6) is 1.47. The molecule has 102 valence electrons. The average Bonchev–Trinajstić information content (AvgIpc) is 3.00. The molecule has 0 N–H and O–H groups in total. The Hall–Kier alpha value is -2.63. The summed E-state index contributed by atoms with van der Waals surface area (Å²) >= 11 is 0. The molecule has 6 nitrogen and oxygen atoms in total. The Balaban J connectivity index is 2.26. The van der Waals surface area contributed by atoms with Crippen LogP contribution >= 0.6 is 0 Å². The number of methoxy groups -OCH3 is 1. The van der Waals surface area contributed by atoms with E-state index in [0.717, 1.165) is 22.5 Å². The van der Waals surface area contributed by atoms with E-state index >= 15 is 0 Å². The normalized spacial score (nSPS) is 10.7. The van der Waals surface area contributed by atoms with Gasteiger partial charge in [0, 0.05) is 17.8 Å². The van der Waals surface area contributed by atoms with Crippen LogP contribution in [0.5, 0.6) is 11.8 Å². The second kappa shape index (κ2) is 5.16. The number of aromatic nitrogens is 4. The molecule has 0 atom stereocenters. The van der Waals surface area contributed by atoms with Gasteiger partial charge in [0.15, 0.2) is 5.82 Å². The number of ether oxygens (including phenoxy) is 2. The first kappa shape index (κ1) is 12.4. The van der Waals surface area contributed by atoms with Crippen molar-refractivity contribution in [3.63, 3.8) is 0 Å². The number of rotatable bonds is 4. The zero-order valence-electron chi connectivity index (χ0n) is 11.3. The zero-order valence-corrected chi connectivity index (χ0v) is 11.3. The highest BCUT2D eigenvalue weighted by Crippen LogP contribution is 2.26. The van der Waals surface area contributed by atoms with Gasteiger partial charge in [-0.2, -0.15) is 9.97 Å². The Morgan fingerprint density at radius 1 is 1.25 bits per heavy atom. The van der Waals surface area contributed by atoms with Crippen LogP contribution in [-0.2, 0) is 0 Å². The molecule has 3 aromatic rings. The van der Waals surface area contributed by atoms with Gasteiger partial charge in [-0.15, -0.1) is 0 Å². The van der Waals surface area contributed by atoms with E-state index in [1.165, 1.54) is 0 Å². The van der Waals surface area contributed by atoms with Crippen molar-refractivity contribution >= 4 is 10.9 Å². The fourth-order valence-electron chi connectivity index (χ4n) is 1.97. The van der Waals surface area contributed by atoms with Crippen LogP contribution in [-0.4, -0.2) is 33.2 Å². The second-order valence-corrected chi connectivity index (χ2v) is 4.12. The van der Waals surface area contributed by atoms with Crippen LogP contribution in [0.25, 0.3) is 16.7 Å². The van der Waals surface area contributed by atoms with E-state index < -0.39 is 0 Å². The molecule has 20 heavy (non-hydrogen) atoms. The molecule has 0 bridgehead atoms. The first-order chi connectivity index (χ1) is 9.81. The lowest BCUT2D eigenvalue weighted by atomic mass is 10.2. The fraction of sp³-hybridized carbons (Fsp3) is 0.214. The quantitative estimate of drug-likeness (QED) is 0.727. The predicted molar refractivity (Wildman–Crippen MR) is 74.4 cm³/mol. The van der Waals surface area contributed by atoms with E-state index in [9.17, 15) is 0 Å². The van der Waals surface area contributed by atoms with Crippen LogP contribution in [0, 0.1) is 0 Å². The van der Waals surface area contributed by atoms with Gasteiger partial charge in [0.2, 0.25) is 0 Å². The second-order valence-electron chi connectivity index (χ2n) is 4.12. The number of fused-ring (bicyclic) bond motifs is 1. The van der Waals surface area contributed by atoms with E-state index in [2.05, 4.69) is 15.0 Å². The van der Waals surface area contributed by atoms with Crippen molar-refractivity contribution in [1.82, 2.24) is 19.5 Å². The summed E-state index contributed by atoms with van der Waals surface area (Å²) in [6, 6.07) is 6.01. The predicted octanol–water partition coefficient (Wildman–Crippen LogP) is 2.22. The summed E-state index contributed by atoms with van der Waals surface area (Å²) in [7, 11) is 1.63. The summed E-state index contributed by atoms with van der Waals surface area (Å²) in [5, 5.41) is 0.880. The molecule has 1 aromatic carbocycles. The lowest BCUT2D eigenvalue weighted by Gasteiger charge is -2.10. The maximum atomic E-state index is 5.42. The van der Waals surface area contributed by atoms with Gasteiger partial charge in [0.05, 0.1) is 19.2 Å². The van der Waals surface area contributed by atoms with Crippen molar-refractivity contribution in [2.75, 3.05) is 13.7 Å². The number of nitrogens with zero attached hydrogens (tertiary/aromatic N) is 4. The van der Waals surface area contributed by atoms with E-state index in [-0.39, 0.29) is 0 Å². The number of hydrogen-bond acceptors (Lipinski definition) is 5. The third-order valence-electron chi connectivity index (χ3n) is 2.88. The van der Waals surface area contributed by atoms with E-state index in [1.54, 1.807) is 19.6 Å². The first-order valence-corrected chi connectivity index (χ1v) is 6.28. The van der Waals surface area contributed by atoms with Crippen molar-refractivity contribution in [3.05, 3.63) is 36.9 Å². The molecule has 0 unspecified atom stereocenters. The van der Waals surface area contributed by atoms with Crippen molar-refractivity contribution in [2.45, 2.75) is 6.92 Å². The van der Waals surface area contributed by atoms with Gasteiger partial charge >= 0.3 is 6.01 Å². The molecular formula is C14H14N4O2. The van der Waals surface area contributed by atoms with Gasteiger partial charge in [-0.3, -0.25) is 4.57 Å². The van der Waals surface area contributed by atoms with Gasteiger partial charge in [0.1, 0.15) is 12.1 Å². The van der Waals surface area contributed by atoms with Crippen LogP contribution in [0.4, 0.5) is 0 Å².